The van der Waals surface area contributed by atoms with E-state index in [2.05, 4.69) is 15.6 Å². The van der Waals surface area contributed by atoms with Gasteiger partial charge in [0.25, 0.3) is 5.91 Å². The molecule has 1 aromatic rings. The molecule has 1 aromatic carbocycles. The summed E-state index contributed by atoms with van der Waals surface area (Å²) in [6, 6.07) is 5.63. The fraction of sp³-hybridized carbons (Fsp3) is 0.500. The SMILES string of the molecule is CC(C)(C)OC(=O)NC1=NC2(CCCNC2)C(=O)N1c1cccc(F)c1. The van der Waals surface area contributed by atoms with E-state index in [1.54, 1.807) is 26.8 Å². The number of piperidine rings is 1. The average molecular weight is 362 g/mol. The molecule has 0 bridgehead atoms. The van der Waals surface area contributed by atoms with Crippen molar-refractivity contribution in [1.29, 1.82) is 0 Å². The van der Waals surface area contributed by atoms with E-state index in [1.165, 1.54) is 23.1 Å². The zero-order valence-electron chi connectivity index (χ0n) is 15.1. The van der Waals surface area contributed by atoms with Gasteiger partial charge in [0.2, 0.25) is 5.96 Å². The Morgan fingerprint density at radius 1 is 1.42 bits per heavy atom. The van der Waals surface area contributed by atoms with Crippen LogP contribution in [-0.4, -0.2) is 42.2 Å². The Kier molecular flexibility index (Phi) is 4.70. The van der Waals surface area contributed by atoms with Crippen molar-refractivity contribution >= 4 is 23.6 Å². The number of hydrogen-bond donors (Lipinski definition) is 2. The first kappa shape index (κ1) is 18.3. The number of amides is 2. The predicted molar refractivity (Wildman–Crippen MR) is 95.5 cm³/mol. The van der Waals surface area contributed by atoms with Crippen molar-refractivity contribution in [2.24, 2.45) is 4.99 Å². The van der Waals surface area contributed by atoms with E-state index in [9.17, 15) is 14.0 Å². The van der Waals surface area contributed by atoms with E-state index in [4.69, 9.17) is 4.74 Å². The summed E-state index contributed by atoms with van der Waals surface area (Å²) >= 11 is 0. The highest BCUT2D eigenvalue weighted by atomic mass is 19.1. The molecule has 7 nitrogen and oxygen atoms in total. The molecule has 1 spiro atoms. The largest absolute Gasteiger partial charge is 0.444 e. The van der Waals surface area contributed by atoms with Crippen LogP contribution in [-0.2, 0) is 9.53 Å². The molecule has 2 heterocycles. The number of rotatable bonds is 1. The minimum absolute atomic E-state index is 0.0542. The van der Waals surface area contributed by atoms with E-state index in [1.807, 2.05) is 0 Å². The summed E-state index contributed by atoms with van der Waals surface area (Å²) in [5.74, 6) is -0.713. The first-order valence-electron chi connectivity index (χ1n) is 8.61. The van der Waals surface area contributed by atoms with Gasteiger partial charge in [-0.1, -0.05) is 6.07 Å². The molecule has 0 saturated carbocycles. The van der Waals surface area contributed by atoms with Crippen LogP contribution in [0, 0.1) is 5.82 Å². The zero-order chi connectivity index (χ0) is 18.9. The number of benzene rings is 1. The molecule has 26 heavy (non-hydrogen) atoms. The number of aliphatic imine (C=N–C) groups is 1. The minimum Gasteiger partial charge on any atom is -0.444 e. The van der Waals surface area contributed by atoms with Gasteiger partial charge in [0.05, 0.1) is 5.69 Å². The fourth-order valence-corrected chi connectivity index (χ4v) is 3.11. The van der Waals surface area contributed by atoms with Crippen LogP contribution in [0.2, 0.25) is 0 Å². The van der Waals surface area contributed by atoms with Crippen molar-refractivity contribution in [1.82, 2.24) is 10.6 Å². The van der Waals surface area contributed by atoms with Gasteiger partial charge in [0, 0.05) is 6.54 Å². The Morgan fingerprint density at radius 3 is 2.81 bits per heavy atom. The molecule has 140 valence electrons. The Balaban J connectivity index is 1.94. The van der Waals surface area contributed by atoms with E-state index in [-0.39, 0.29) is 11.9 Å². The summed E-state index contributed by atoms with van der Waals surface area (Å²) in [5, 5.41) is 5.72. The van der Waals surface area contributed by atoms with Gasteiger partial charge in [-0.2, -0.15) is 0 Å². The van der Waals surface area contributed by atoms with Crippen molar-refractivity contribution in [2.45, 2.75) is 44.8 Å². The first-order valence-corrected chi connectivity index (χ1v) is 8.61. The molecule has 0 aliphatic carbocycles. The first-order chi connectivity index (χ1) is 12.2. The topological polar surface area (TPSA) is 83.0 Å². The molecule has 2 N–H and O–H groups in total. The van der Waals surface area contributed by atoms with Gasteiger partial charge >= 0.3 is 6.09 Å². The quantitative estimate of drug-likeness (QED) is 0.802. The molecular formula is C18H23FN4O3. The van der Waals surface area contributed by atoms with Gasteiger partial charge in [0.1, 0.15) is 11.4 Å². The van der Waals surface area contributed by atoms with Crippen LogP contribution in [0.4, 0.5) is 14.9 Å². The lowest BCUT2D eigenvalue weighted by Crippen LogP contribution is -2.53. The van der Waals surface area contributed by atoms with Crippen molar-refractivity contribution in [3.8, 4) is 0 Å². The maximum atomic E-state index is 13.7. The Bertz CT molecular complexity index is 751. The molecule has 2 aliphatic heterocycles. The average Bonchev–Trinajstić information content (AvgIpc) is 2.78. The van der Waals surface area contributed by atoms with Gasteiger partial charge < -0.3 is 10.1 Å². The van der Waals surface area contributed by atoms with Crippen molar-refractivity contribution < 1.29 is 18.7 Å². The van der Waals surface area contributed by atoms with Gasteiger partial charge in [0.15, 0.2) is 5.54 Å². The van der Waals surface area contributed by atoms with E-state index < -0.39 is 23.1 Å². The highest BCUT2D eigenvalue weighted by Crippen LogP contribution is 2.32. The maximum absolute atomic E-state index is 13.7. The number of hydrogen-bond acceptors (Lipinski definition) is 5. The summed E-state index contributed by atoms with van der Waals surface area (Å²) in [7, 11) is 0. The lowest BCUT2D eigenvalue weighted by Gasteiger charge is -2.30. The highest BCUT2D eigenvalue weighted by molar-refractivity contribution is 6.26. The number of carbonyl (C=O) groups excluding carboxylic acids is 2. The van der Waals surface area contributed by atoms with E-state index in [0.29, 0.717) is 18.7 Å². The second kappa shape index (κ2) is 6.68. The summed E-state index contributed by atoms with van der Waals surface area (Å²) < 4.78 is 19.0. The number of halogens is 1. The van der Waals surface area contributed by atoms with Crippen LogP contribution in [0.25, 0.3) is 0 Å². The smallest absolute Gasteiger partial charge is 0.414 e. The molecule has 1 saturated heterocycles. The second-order valence-corrected chi connectivity index (χ2v) is 7.49. The van der Waals surface area contributed by atoms with Crippen LogP contribution < -0.4 is 15.5 Å². The van der Waals surface area contributed by atoms with Gasteiger partial charge in [-0.05, 0) is 58.4 Å². The molecule has 0 radical (unpaired) electrons. The number of guanidine groups is 1. The van der Waals surface area contributed by atoms with Crippen LogP contribution in [0.5, 0.6) is 0 Å². The van der Waals surface area contributed by atoms with Crippen LogP contribution in [0.1, 0.15) is 33.6 Å². The molecule has 1 fully saturated rings. The van der Waals surface area contributed by atoms with Crippen LogP contribution in [0.15, 0.2) is 29.3 Å². The number of nitrogens with zero attached hydrogens (tertiary/aromatic N) is 2. The summed E-state index contributed by atoms with van der Waals surface area (Å²) in [5.41, 5.74) is -1.37. The number of anilines is 1. The molecule has 2 aliphatic rings. The van der Waals surface area contributed by atoms with Gasteiger partial charge in [-0.3, -0.25) is 10.1 Å². The van der Waals surface area contributed by atoms with E-state index in [0.717, 1.165) is 13.0 Å². The third-order valence-electron chi connectivity index (χ3n) is 4.17. The molecule has 1 atom stereocenters. The normalized spacial score (nSPS) is 23.2. The molecular weight excluding hydrogens is 339 g/mol. The molecule has 8 heteroatoms. The molecule has 3 rings (SSSR count). The molecule has 1 unspecified atom stereocenters. The Labute approximate surface area is 151 Å². The summed E-state index contributed by atoms with van der Waals surface area (Å²) in [4.78, 5) is 31.1. The number of ether oxygens (including phenoxy) is 1. The third kappa shape index (κ3) is 3.70. The van der Waals surface area contributed by atoms with Crippen molar-refractivity contribution in [3.05, 3.63) is 30.1 Å². The van der Waals surface area contributed by atoms with Gasteiger partial charge in [-0.15, -0.1) is 0 Å². The summed E-state index contributed by atoms with van der Waals surface area (Å²) in [6.45, 7) is 6.40. The summed E-state index contributed by atoms with van der Waals surface area (Å²) in [6.07, 6.45) is 0.627. The second-order valence-electron chi connectivity index (χ2n) is 7.49. The number of carbonyl (C=O) groups is 2. The van der Waals surface area contributed by atoms with E-state index >= 15 is 0 Å². The van der Waals surface area contributed by atoms with Crippen LogP contribution >= 0.6 is 0 Å². The monoisotopic (exact) mass is 362 g/mol. The zero-order valence-corrected chi connectivity index (χ0v) is 15.1. The highest BCUT2D eigenvalue weighted by Gasteiger charge is 2.50. The fourth-order valence-electron chi connectivity index (χ4n) is 3.11. The van der Waals surface area contributed by atoms with Crippen LogP contribution in [0.3, 0.4) is 0 Å². The number of nitrogens with one attached hydrogen (secondary N) is 2. The minimum atomic E-state index is -0.991. The lowest BCUT2D eigenvalue weighted by atomic mass is 9.90. The predicted octanol–water partition coefficient (Wildman–Crippen LogP) is 2.18. The van der Waals surface area contributed by atoms with Gasteiger partial charge in [-0.25, -0.2) is 19.1 Å². The Morgan fingerprint density at radius 2 is 2.19 bits per heavy atom. The Hall–Kier alpha value is -2.48. The molecule has 2 amide bonds. The maximum Gasteiger partial charge on any atom is 0.414 e. The lowest BCUT2D eigenvalue weighted by molar-refractivity contribution is -0.122. The molecule has 0 aromatic heterocycles. The van der Waals surface area contributed by atoms with Crippen molar-refractivity contribution in [2.75, 3.05) is 18.0 Å². The standard InChI is InChI=1S/C18H23FN4O3/c1-17(2,3)26-16(25)21-15-22-18(8-5-9-20-11-18)14(24)23(15)13-7-4-6-12(19)10-13/h4,6-7,10,20H,5,8-9,11H2,1-3H3,(H,21,22,25). The third-order valence-corrected chi connectivity index (χ3v) is 4.17. The number of alkyl carbamates (subject to hydrolysis) is 1. The van der Waals surface area contributed by atoms with Crippen molar-refractivity contribution in [3.63, 3.8) is 0 Å².